The Morgan fingerprint density at radius 2 is 1.28 bits per heavy atom. The van der Waals surface area contributed by atoms with Crippen LogP contribution in [0.4, 0.5) is 0 Å². The molecule has 0 saturated carbocycles. The summed E-state index contributed by atoms with van der Waals surface area (Å²) >= 11 is 0. The third-order valence-electron chi connectivity index (χ3n) is 5.52. The van der Waals surface area contributed by atoms with Gasteiger partial charge < -0.3 is 15.5 Å². The van der Waals surface area contributed by atoms with E-state index >= 15 is 0 Å². The highest BCUT2D eigenvalue weighted by Gasteiger charge is 2.17. The maximum atomic E-state index is 12.1. The van der Waals surface area contributed by atoms with E-state index < -0.39 is 12.1 Å². The molecule has 3 N–H and O–H groups in total. The Morgan fingerprint density at radius 1 is 0.793 bits per heavy atom. The van der Waals surface area contributed by atoms with Gasteiger partial charge in [-0.3, -0.25) is 4.79 Å². The van der Waals surface area contributed by atoms with E-state index in [0.29, 0.717) is 6.42 Å². The number of carbonyl (C=O) groups excluding carboxylic acids is 1. The molecule has 0 radical (unpaired) electrons. The summed E-state index contributed by atoms with van der Waals surface area (Å²) in [5.74, 6) is -0.0735. The van der Waals surface area contributed by atoms with Crippen LogP contribution in [-0.4, -0.2) is 34.9 Å². The summed E-state index contributed by atoms with van der Waals surface area (Å²) in [6.45, 7) is 4.20. The summed E-state index contributed by atoms with van der Waals surface area (Å²) < 4.78 is 0. The highest BCUT2D eigenvalue weighted by Crippen LogP contribution is 2.11. The zero-order valence-electron chi connectivity index (χ0n) is 19.3. The van der Waals surface area contributed by atoms with Crippen molar-refractivity contribution in [2.75, 3.05) is 6.61 Å². The van der Waals surface area contributed by atoms with Gasteiger partial charge in [-0.15, -0.1) is 0 Å². The van der Waals surface area contributed by atoms with E-state index in [0.717, 1.165) is 25.7 Å². The summed E-state index contributed by atoms with van der Waals surface area (Å²) in [6.07, 6.45) is 22.8. The molecule has 4 nitrogen and oxygen atoms in total. The zero-order chi connectivity index (χ0) is 21.6. The van der Waals surface area contributed by atoms with Gasteiger partial charge in [0.15, 0.2) is 0 Å². The molecule has 0 aromatic carbocycles. The van der Waals surface area contributed by atoms with Crippen molar-refractivity contribution in [1.29, 1.82) is 0 Å². The van der Waals surface area contributed by atoms with Gasteiger partial charge in [-0.2, -0.15) is 0 Å². The Kier molecular flexibility index (Phi) is 21.2. The molecule has 4 heteroatoms. The first-order valence-corrected chi connectivity index (χ1v) is 12.4. The molecule has 2 unspecified atom stereocenters. The molecule has 29 heavy (non-hydrogen) atoms. The lowest BCUT2D eigenvalue weighted by molar-refractivity contribution is -0.123. The molecule has 0 aliphatic heterocycles. The molecule has 0 rings (SSSR count). The maximum absolute atomic E-state index is 12.1. The van der Waals surface area contributed by atoms with Crippen LogP contribution in [0.1, 0.15) is 123 Å². The van der Waals surface area contributed by atoms with Crippen molar-refractivity contribution >= 4 is 5.91 Å². The predicted octanol–water partition coefficient (Wildman–Crippen LogP) is 6.05. The number of aliphatic hydroxyl groups excluding tert-OH is 2. The molecule has 0 bridgehead atoms. The minimum Gasteiger partial charge on any atom is -0.394 e. The van der Waals surface area contributed by atoms with E-state index in [1.54, 1.807) is 6.08 Å². The van der Waals surface area contributed by atoms with E-state index in [4.69, 9.17) is 0 Å². The van der Waals surface area contributed by atoms with Gasteiger partial charge in [0.1, 0.15) is 0 Å². The van der Waals surface area contributed by atoms with E-state index in [-0.39, 0.29) is 12.5 Å². The number of hydrogen-bond donors (Lipinski definition) is 3. The second kappa shape index (κ2) is 21.8. The Balaban J connectivity index is 3.74. The average Bonchev–Trinajstić information content (AvgIpc) is 2.72. The first kappa shape index (κ1) is 28.1. The van der Waals surface area contributed by atoms with Gasteiger partial charge in [0.25, 0.3) is 0 Å². The fraction of sp³-hybridized carbons (Fsp3) is 0.880. The molecule has 1 amide bonds. The molecular formula is C25H49NO3. The van der Waals surface area contributed by atoms with Crippen LogP contribution in [0.25, 0.3) is 0 Å². The molecule has 0 aromatic rings. The molecule has 0 aromatic heterocycles. The van der Waals surface area contributed by atoms with Crippen LogP contribution in [0.2, 0.25) is 0 Å². The smallest absolute Gasteiger partial charge is 0.220 e. The van der Waals surface area contributed by atoms with Crippen molar-refractivity contribution in [2.24, 2.45) is 0 Å². The number of aliphatic hydroxyl groups is 2. The Labute approximate surface area is 180 Å². The van der Waals surface area contributed by atoms with Gasteiger partial charge in [-0.1, -0.05) is 109 Å². The fourth-order valence-electron chi connectivity index (χ4n) is 3.53. The van der Waals surface area contributed by atoms with Gasteiger partial charge in [0, 0.05) is 6.42 Å². The van der Waals surface area contributed by atoms with E-state index in [1.807, 2.05) is 6.08 Å². The van der Waals surface area contributed by atoms with E-state index in [9.17, 15) is 15.0 Å². The number of unbranched alkanes of at least 4 members (excludes halogenated alkanes) is 14. The van der Waals surface area contributed by atoms with Crippen LogP contribution in [-0.2, 0) is 4.79 Å². The predicted molar refractivity (Wildman–Crippen MR) is 124 cm³/mol. The monoisotopic (exact) mass is 411 g/mol. The fourth-order valence-corrected chi connectivity index (χ4v) is 3.53. The van der Waals surface area contributed by atoms with Crippen molar-refractivity contribution in [1.82, 2.24) is 5.32 Å². The van der Waals surface area contributed by atoms with Gasteiger partial charge in [0.05, 0.1) is 18.8 Å². The lowest BCUT2D eigenvalue weighted by Gasteiger charge is -2.20. The Morgan fingerprint density at radius 3 is 1.79 bits per heavy atom. The normalized spacial score (nSPS) is 13.7. The molecule has 0 aliphatic carbocycles. The summed E-state index contributed by atoms with van der Waals surface area (Å²) in [5, 5.41) is 22.4. The van der Waals surface area contributed by atoms with Gasteiger partial charge in [0.2, 0.25) is 5.91 Å². The highest BCUT2D eigenvalue weighted by atomic mass is 16.3. The van der Waals surface area contributed by atoms with Crippen molar-refractivity contribution in [3.63, 3.8) is 0 Å². The van der Waals surface area contributed by atoms with Crippen LogP contribution < -0.4 is 5.32 Å². The Bertz CT molecular complexity index is 384. The molecule has 0 spiro atoms. The second-order valence-corrected chi connectivity index (χ2v) is 8.41. The average molecular weight is 412 g/mol. The third-order valence-corrected chi connectivity index (χ3v) is 5.52. The largest absolute Gasteiger partial charge is 0.394 e. The van der Waals surface area contributed by atoms with Gasteiger partial charge in [-0.25, -0.2) is 0 Å². The van der Waals surface area contributed by atoms with Gasteiger partial charge in [-0.05, 0) is 19.3 Å². The highest BCUT2D eigenvalue weighted by molar-refractivity contribution is 5.76. The van der Waals surface area contributed by atoms with Crippen LogP contribution in [0.5, 0.6) is 0 Å². The first-order chi connectivity index (χ1) is 14.2. The maximum Gasteiger partial charge on any atom is 0.220 e. The topological polar surface area (TPSA) is 69.6 Å². The summed E-state index contributed by atoms with van der Waals surface area (Å²) in [5.41, 5.74) is 0. The first-order valence-electron chi connectivity index (χ1n) is 12.4. The minimum absolute atomic E-state index is 0.0735. The quantitative estimate of drug-likeness (QED) is 0.159. The molecule has 0 aliphatic rings. The molecule has 172 valence electrons. The number of amides is 1. The Hall–Kier alpha value is -0.870. The number of allylic oxidation sites excluding steroid dienone is 1. The van der Waals surface area contributed by atoms with Crippen molar-refractivity contribution in [2.45, 2.75) is 135 Å². The van der Waals surface area contributed by atoms with Crippen molar-refractivity contribution in [3.05, 3.63) is 12.2 Å². The zero-order valence-corrected chi connectivity index (χ0v) is 19.3. The number of carbonyl (C=O) groups is 1. The molecule has 0 fully saturated rings. The standard InChI is InChI=1S/C25H49NO3/c1-3-5-7-9-11-12-13-15-17-19-21-25(29)26-23(22-27)24(28)20-18-16-14-10-8-6-4-2/h18,20,23-24,27-28H,3-17,19,21-22H2,1-2H3,(H,26,29)/b20-18+. The van der Waals surface area contributed by atoms with Crippen molar-refractivity contribution < 1.29 is 15.0 Å². The second-order valence-electron chi connectivity index (χ2n) is 8.41. The molecular weight excluding hydrogens is 362 g/mol. The lowest BCUT2D eigenvalue weighted by Crippen LogP contribution is -2.45. The van der Waals surface area contributed by atoms with Gasteiger partial charge >= 0.3 is 0 Å². The summed E-state index contributed by atoms with van der Waals surface area (Å²) in [6, 6.07) is -0.609. The van der Waals surface area contributed by atoms with Crippen LogP contribution in [0, 0.1) is 0 Å². The molecule has 2 atom stereocenters. The van der Waals surface area contributed by atoms with E-state index in [1.165, 1.54) is 77.0 Å². The number of nitrogens with one attached hydrogen (secondary N) is 1. The number of rotatable bonds is 21. The van der Waals surface area contributed by atoms with E-state index in [2.05, 4.69) is 19.2 Å². The molecule has 0 saturated heterocycles. The van der Waals surface area contributed by atoms with Crippen LogP contribution in [0.3, 0.4) is 0 Å². The van der Waals surface area contributed by atoms with Crippen LogP contribution >= 0.6 is 0 Å². The van der Waals surface area contributed by atoms with Crippen molar-refractivity contribution in [3.8, 4) is 0 Å². The SMILES string of the molecule is CCCCCCC/C=C/C(O)C(CO)NC(=O)CCCCCCCCCCCC. The minimum atomic E-state index is -0.827. The summed E-state index contributed by atoms with van der Waals surface area (Å²) in [7, 11) is 0. The molecule has 0 heterocycles. The lowest BCUT2D eigenvalue weighted by atomic mass is 10.1. The van der Waals surface area contributed by atoms with Crippen LogP contribution in [0.15, 0.2) is 12.2 Å². The third kappa shape index (κ3) is 18.9. The summed E-state index contributed by atoms with van der Waals surface area (Å²) in [4.78, 5) is 12.1. The number of hydrogen-bond acceptors (Lipinski definition) is 3.